The van der Waals surface area contributed by atoms with Crippen LogP contribution in [-0.4, -0.2) is 20.7 Å². The molecular weight excluding hydrogens is 300 g/mol. The third kappa shape index (κ3) is 4.75. The van der Waals surface area contributed by atoms with E-state index < -0.39 is 15.8 Å². The van der Waals surface area contributed by atoms with Gasteiger partial charge in [-0.15, -0.1) is 11.3 Å². The lowest BCUT2D eigenvalue weighted by molar-refractivity contribution is 0.585. The van der Waals surface area contributed by atoms with Crippen LogP contribution in [0.1, 0.15) is 4.88 Å². The van der Waals surface area contributed by atoms with Gasteiger partial charge in [0.2, 0.25) is 10.0 Å². The second kappa shape index (κ2) is 5.61. The van der Waals surface area contributed by atoms with Crippen molar-refractivity contribution in [2.75, 3.05) is 12.3 Å². The fourth-order valence-electron chi connectivity index (χ4n) is 0.952. The molecule has 1 rings (SSSR count). The van der Waals surface area contributed by atoms with Crippen molar-refractivity contribution >= 4 is 37.3 Å². The van der Waals surface area contributed by atoms with E-state index in [9.17, 15) is 8.42 Å². The van der Waals surface area contributed by atoms with Crippen LogP contribution < -0.4 is 4.72 Å². The lowest BCUT2D eigenvalue weighted by Crippen LogP contribution is -2.27. The second-order valence-corrected chi connectivity index (χ2v) is 7.12. The molecular formula is C8H9BrN2O2S2. The maximum Gasteiger partial charge on any atom is 0.225 e. The highest BCUT2D eigenvalue weighted by Gasteiger charge is 2.08. The van der Waals surface area contributed by atoms with Crippen molar-refractivity contribution in [1.29, 1.82) is 5.26 Å². The van der Waals surface area contributed by atoms with Gasteiger partial charge in [-0.3, -0.25) is 0 Å². The third-order valence-corrected chi connectivity index (χ3v) is 4.41. The van der Waals surface area contributed by atoms with Crippen molar-refractivity contribution in [3.8, 4) is 6.07 Å². The van der Waals surface area contributed by atoms with Gasteiger partial charge < -0.3 is 0 Å². The Morgan fingerprint density at radius 2 is 2.27 bits per heavy atom. The zero-order valence-electron chi connectivity index (χ0n) is 7.73. The van der Waals surface area contributed by atoms with Crippen LogP contribution in [0.2, 0.25) is 0 Å². The molecule has 0 spiro atoms. The normalized spacial score (nSPS) is 11.2. The van der Waals surface area contributed by atoms with E-state index in [0.29, 0.717) is 13.0 Å². The average Bonchev–Trinajstić information content (AvgIpc) is 2.51. The SMILES string of the molecule is N#CCS(=O)(=O)NCCc1ccc(Br)s1. The van der Waals surface area contributed by atoms with E-state index in [2.05, 4.69) is 20.7 Å². The van der Waals surface area contributed by atoms with Crippen LogP contribution in [0, 0.1) is 11.3 Å². The van der Waals surface area contributed by atoms with Crippen LogP contribution in [-0.2, 0) is 16.4 Å². The Balaban J connectivity index is 2.37. The first-order valence-electron chi connectivity index (χ1n) is 4.12. The highest BCUT2D eigenvalue weighted by Crippen LogP contribution is 2.22. The van der Waals surface area contributed by atoms with Crippen molar-refractivity contribution in [3.05, 3.63) is 20.8 Å². The molecule has 1 aromatic heterocycles. The highest BCUT2D eigenvalue weighted by molar-refractivity contribution is 9.11. The maximum absolute atomic E-state index is 11.1. The molecule has 1 N–H and O–H groups in total. The number of nitrogens with one attached hydrogen (secondary N) is 1. The first kappa shape index (κ1) is 12.6. The van der Waals surface area contributed by atoms with Gasteiger partial charge in [-0.2, -0.15) is 5.26 Å². The Hall–Kier alpha value is -0.420. The first-order chi connectivity index (χ1) is 7.03. The molecule has 0 amide bonds. The molecule has 1 aromatic rings. The van der Waals surface area contributed by atoms with Crippen LogP contribution in [0.4, 0.5) is 0 Å². The number of thiophene rings is 1. The molecule has 0 aliphatic carbocycles. The van der Waals surface area contributed by atoms with Gasteiger partial charge in [0, 0.05) is 11.4 Å². The van der Waals surface area contributed by atoms with Gasteiger partial charge in [0.25, 0.3) is 0 Å². The van der Waals surface area contributed by atoms with Crippen molar-refractivity contribution in [3.63, 3.8) is 0 Å². The minimum Gasteiger partial charge on any atom is -0.214 e. The van der Waals surface area contributed by atoms with E-state index in [4.69, 9.17) is 5.26 Å². The number of halogens is 1. The van der Waals surface area contributed by atoms with E-state index in [0.717, 1.165) is 8.66 Å². The molecule has 0 aliphatic heterocycles. The number of sulfonamides is 1. The van der Waals surface area contributed by atoms with Crippen LogP contribution in [0.5, 0.6) is 0 Å². The highest BCUT2D eigenvalue weighted by atomic mass is 79.9. The van der Waals surface area contributed by atoms with Crippen molar-refractivity contribution < 1.29 is 8.42 Å². The quantitative estimate of drug-likeness (QED) is 0.896. The van der Waals surface area contributed by atoms with E-state index in [1.165, 1.54) is 0 Å². The molecule has 0 atom stereocenters. The molecule has 0 bridgehead atoms. The third-order valence-electron chi connectivity index (χ3n) is 1.58. The average molecular weight is 309 g/mol. The zero-order chi connectivity index (χ0) is 11.3. The lowest BCUT2D eigenvalue weighted by Gasteiger charge is -2.01. The molecule has 0 aromatic carbocycles. The minimum absolute atomic E-state index is 0.330. The summed E-state index contributed by atoms with van der Waals surface area (Å²) in [6, 6.07) is 5.46. The Labute approximate surface area is 101 Å². The monoisotopic (exact) mass is 308 g/mol. The second-order valence-electron chi connectivity index (χ2n) is 2.77. The summed E-state index contributed by atoms with van der Waals surface area (Å²) in [7, 11) is -3.41. The van der Waals surface area contributed by atoms with Gasteiger partial charge in [-0.25, -0.2) is 13.1 Å². The fraction of sp³-hybridized carbons (Fsp3) is 0.375. The summed E-state index contributed by atoms with van der Waals surface area (Å²) in [5.41, 5.74) is 0. The number of hydrogen-bond acceptors (Lipinski definition) is 4. The smallest absolute Gasteiger partial charge is 0.214 e. The Morgan fingerprint density at radius 3 is 2.80 bits per heavy atom. The molecule has 1 heterocycles. The summed E-state index contributed by atoms with van der Waals surface area (Å²) in [5, 5.41) is 8.25. The summed E-state index contributed by atoms with van der Waals surface area (Å²) in [6.07, 6.45) is 0.640. The van der Waals surface area contributed by atoms with Gasteiger partial charge in [0.05, 0.1) is 9.86 Å². The summed E-state index contributed by atoms with van der Waals surface area (Å²) < 4.78 is 25.6. The Bertz CT molecular complexity index is 461. The number of rotatable bonds is 5. The van der Waals surface area contributed by atoms with Gasteiger partial charge in [-0.05, 0) is 34.5 Å². The van der Waals surface area contributed by atoms with Crippen LogP contribution in [0.15, 0.2) is 15.9 Å². The topological polar surface area (TPSA) is 70.0 Å². The standard InChI is InChI=1S/C8H9BrN2O2S2/c9-8-2-1-7(14-8)3-5-11-15(12,13)6-4-10/h1-2,11H,3,5-6H2. The van der Waals surface area contributed by atoms with E-state index in [-0.39, 0.29) is 0 Å². The van der Waals surface area contributed by atoms with E-state index in [1.54, 1.807) is 17.4 Å². The molecule has 7 heteroatoms. The Kier molecular flexibility index (Phi) is 4.73. The summed E-state index contributed by atoms with van der Waals surface area (Å²) in [5.74, 6) is -0.485. The molecule has 4 nitrogen and oxygen atoms in total. The molecule has 0 fully saturated rings. The molecule has 0 saturated carbocycles. The minimum atomic E-state index is -3.41. The van der Waals surface area contributed by atoms with E-state index in [1.807, 2.05) is 12.1 Å². The number of hydrogen-bond donors (Lipinski definition) is 1. The molecule has 0 unspecified atom stereocenters. The molecule has 0 saturated heterocycles. The maximum atomic E-state index is 11.1. The van der Waals surface area contributed by atoms with Crippen molar-refractivity contribution in [1.82, 2.24) is 4.72 Å². The molecule has 0 radical (unpaired) electrons. The summed E-state index contributed by atoms with van der Waals surface area (Å²) in [6.45, 7) is 0.330. The van der Waals surface area contributed by atoms with Crippen LogP contribution in [0.25, 0.3) is 0 Å². The lowest BCUT2D eigenvalue weighted by atomic mass is 10.3. The summed E-state index contributed by atoms with van der Waals surface area (Å²) >= 11 is 4.89. The van der Waals surface area contributed by atoms with Gasteiger partial charge in [0.1, 0.15) is 0 Å². The predicted molar refractivity (Wildman–Crippen MR) is 63.1 cm³/mol. The molecule has 0 aliphatic rings. The van der Waals surface area contributed by atoms with Gasteiger partial charge in [0.15, 0.2) is 5.75 Å². The van der Waals surface area contributed by atoms with Gasteiger partial charge in [-0.1, -0.05) is 0 Å². The van der Waals surface area contributed by atoms with Crippen LogP contribution in [0.3, 0.4) is 0 Å². The van der Waals surface area contributed by atoms with Crippen molar-refractivity contribution in [2.24, 2.45) is 0 Å². The summed E-state index contributed by atoms with van der Waals surface area (Å²) in [4.78, 5) is 1.10. The largest absolute Gasteiger partial charge is 0.225 e. The number of nitriles is 1. The Morgan fingerprint density at radius 1 is 1.53 bits per heavy atom. The van der Waals surface area contributed by atoms with Crippen molar-refractivity contribution in [2.45, 2.75) is 6.42 Å². The number of nitrogens with zero attached hydrogens (tertiary/aromatic N) is 1. The fourth-order valence-corrected chi connectivity index (χ4v) is 3.12. The van der Waals surface area contributed by atoms with E-state index >= 15 is 0 Å². The predicted octanol–water partition coefficient (Wildman–Crippen LogP) is 1.50. The molecule has 15 heavy (non-hydrogen) atoms. The first-order valence-corrected chi connectivity index (χ1v) is 7.38. The van der Waals surface area contributed by atoms with Crippen LogP contribution >= 0.6 is 27.3 Å². The molecule has 82 valence electrons. The van der Waals surface area contributed by atoms with Gasteiger partial charge >= 0.3 is 0 Å². The zero-order valence-corrected chi connectivity index (χ0v) is 11.0.